The van der Waals surface area contributed by atoms with E-state index in [0.717, 1.165) is 22.2 Å². The Kier molecular flexibility index (Phi) is 3.34. The first kappa shape index (κ1) is 12.0. The molecule has 0 atom stereocenters. The summed E-state index contributed by atoms with van der Waals surface area (Å²) in [6, 6.07) is 17.5. The van der Waals surface area contributed by atoms with Crippen molar-refractivity contribution in [2.75, 3.05) is 0 Å². The van der Waals surface area contributed by atoms with E-state index in [2.05, 4.69) is 4.98 Å². The van der Waals surface area contributed by atoms with Gasteiger partial charge in [-0.2, -0.15) is 0 Å². The topological polar surface area (TPSA) is 22.1 Å². The number of nitrogens with zero attached hydrogens (tertiary/aromatic N) is 1. The van der Waals surface area contributed by atoms with E-state index in [-0.39, 0.29) is 0 Å². The molecule has 0 aliphatic rings. The van der Waals surface area contributed by atoms with Crippen LogP contribution in [-0.4, -0.2) is 4.98 Å². The first-order chi connectivity index (χ1) is 9.33. The van der Waals surface area contributed by atoms with Crippen LogP contribution in [0.5, 0.6) is 5.75 Å². The first-order valence-corrected chi connectivity index (χ1v) is 6.42. The van der Waals surface area contributed by atoms with E-state index >= 15 is 0 Å². The molecule has 19 heavy (non-hydrogen) atoms. The summed E-state index contributed by atoms with van der Waals surface area (Å²) in [4.78, 5) is 4.30. The van der Waals surface area contributed by atoms with E-state index in [4.69, 9.17) is 16.3 Å². The third-order valence-electron chi connectivity index (χ3n) is 2.90. The SMILES string of the molecule is Clc1ccc2nccc(OCc3ccccc3)c2c1. The number of pyridine rings is 1. The summed E-state index contributed by atoms with van der Waals surface area (Å²) in [7, 11) is 0. The van der Waals surface area contributed by atoms with Gasteiger partial charge in [-0.25, -0.2) is 0 Å². The molecule has 3 aromatic rings. The second-order valence-electron chi connectivity index (χ2n) is 4.24. The van der Waals surface area contributed by atoms with Crippen molar-refractivity contribution in [3.63, 3.8) is 0 Å². The molecule has 0 bridgehead atoms. The molecule has 0 amide bonds. The maximum atomic E-state index is 6.02. The Hall–Kier alpha value is -2.06. The molecule has 1 heterocycles. The first-order valence-electron chi connectivity index (χ1n) is 6.04. The molecule has 0 unspecified atom stereocenters. The fourth-order valence-electron chi connectivity index (χ4n) is 1.95. The van der Waals surface area contributed by atoms with Gasteiger partial charge in [-0.1, -0.05) is 41.9 Å². The monoisotopic (exact) mass is 269 g/mol. The van der Waals surface area contributed by atoms with E-state index in [1.165, 1.54) is 0 Å². The molecule has 94 valence electrons. The summed E-state index contributed by atoms with van der Waals surface area (Å²) in [5.41, 5.74) is 2.02. The highest BCUT2D eigenvalue weighted by Gasteiger charge is 2.04. The molecular formula is C16H12ClNO. The van der Waals surface area contributed by atoms with Crippen molar-refractivity contribution < 1.29 is 4.74 Å². The molecular weight excluding hydrogens is 258 g/mol. The molecule has 0 saturated carbocycles. The summed E-state index contributed by atoms with van der Waals surface area (Å²) in [5, 5.41) is 1.62. The summed E-state index contributed by atoms with van der Waals surface area (Å²) in [5.74, 6) is 0.802. The second-order valence-corrected chi connectivity index (χ2v) is 4.68. The number of hydrogen-bond acceptors (Lipinski definition) is 2. The van der Waals surface area contributed by atoms with Crippen molar-refractivity contribution >= 4 is 22.5 Å². The van der Waals surface area contributed by atoms with Crippen LogP contribution < -0.4 is 4.74 Å². The van der Waals surface area contributed by atoms with Gasteiger partial charge >= 0.3 is 0 Å². The Morgan fingerprint density at radius 1 is 1.00 bits per heavy atom. The minimum absolute atomic E-state index is 0.534. The average Bonchev–Trinajstić information content (AvgIpc) is 2.46. The number of fused-ring (bicyclic) bond motifs is 1. The van der Waals surface area contributed by atoms with Gasteiger partial charge in [0.1, 0.15) is 12.4 Å². The predicted octanol–water partition coefficient (Wildman–Crippen LogP) is 4.47. The van der Waals surface area contributed by atoms with Gasteiger partial charge in [0.15, 0.2) is 0 Å². The van der Waals surface area contributed by atoms with Crippen molar-refractivity contribution in [2.24, 2.45) is 0 Å². The van der Waals surface area contributed by atoms with Crippen molar-refractivity contribution in [3.8, 4) is 5.75 Å². The number of rotatable bonds is 3. The minimum Gasteiger partial charge on any atom is -0.488 e. The molecule has 1 aromatic heterocycles. The Morgan fingerprint density at radius 3 is 2.68 bits per heavy atom. The zero-order chi connectivity index (χ0) is 13.1. The van der Waals surface area contributed by atoms with E-state index in [9.17, 15) is 0 Å². The molecule has 0 fully saturated rings. The standard InChI is InChI=1S/C16H12ClNO/c17-13-6-7-15-14(10-13)16(8-9-18-15)19-11-12-4-2-1-3-5-12/h1-10H,11H2. The number of benzene rings is 2. The number of ether oxygens (including phenoxy) is 1. The van der Waals surface area contributed by atoms with Gasteiger partial charge in [-0.15, -0.1) is 0 Å². The van der Waals surface area contributed by atoms with Gasteiger partial charge < -0.3 is 4.74 Å². The zero-order valence-corrected chi connectivity index (χ0v) is 11.0. The summed E-state index contributed by atoms with van der Waals surface area (Å²) in [6.07, 6.45) is 1.75. The molecule has 2 nitrogen and oxygen atoms in total. The highest BCUT2D eigenvalue weighted by Crippen LogP contribution is 2.27. The smallest absolute Gasteiger partial charge is 0.130 e. The van der Waals surface area contributed by atoms with Gasteiger partial charge in [0, 0.05) is 16.6 Å². The Labute approximate surface area is 116 Å². The van der Waals surface area contributed by atoms with E-state index < -0.39 is 0 Å². The normalized spacial score (nSPS) is 10.6. The lowest BCUT2D eigenvalue weighted by Gasteiger charge is -2.09. The van der Waals surface area contributed by atoms with Crippen LogP contribution in [0.25, 0.3) is 10.9 Å². The molecule has 0 radical (unpaired) electrons. The van der Waals surface area contributed by atoms with Gasteiger partial charge in [-0.05, 0) is 29.8 Å². The molecule has 3 heteroatoms. The van der Waals surface area contributed by atoms with Crippen molar-refractivity contribution in [1.29, 1.82) is 0 Å². The predicted molar refractivity (Wildman–Crippen MR) is 77.5 cm³/mol. The van der Waals surface area contributed by atoms with E-state index in [1.54, 1.807) is 6.20 Å². The van der Waals surface area contributed by atoms with Crippen LogP contribution in [0.2, 0.25) is 5.02 Å². The highest BCUT2D eigenvalue weighted by atomic mass is 35.5. The average molecular weight is 270 g/mol. The van der Waals surface area contributed by atoms with Gasteiger partial charge in [0.2, 0.25) is 0 Å². The van der Waals surface area contributed by atoms with Crippen LogP contribution in [-0.2, 0) is 6.61 Å². The van der Waals surface area contributed by atoms with Crippen LogP contribution in [0.1, 0.15) is 5.56 Å². The maximum absolute atomic E-state index is 6.02. The summed E-state index contributed by atoms with van der Waals surface area (Å²) >= 11 is 6.02. The molecule has 0 spiro atoms. The summed E-state index contributed by atoms with van der Waals surface area (Å²) < 4.78 is 5.86. The van der Waals surface area contributed by atoms with Gasteiger partial charge in [0.05, 0.1) is 5.52 Å². The molecule has 2 aromatic carbocycles. The van der Waals surface area contributed by atoms with Crippen molar-refractivity contribution in [1.82, 2.24) is 4.98 Å². The maximum Gasteiger partial charge on any atom is 0.130 e. The molecule has 0 aliphatic carbocycles. The summed E-state index contributed by atoms with van der Waals surface area (Å²) in [6.45, 7) is 0.534. The van der Waals surface area contributed by atoms with Crippen LogP contribution in [0.4, 0.5) is 0 Å². The fraction of sp³-hybridized carbons (Fsp3) is 0.0625. The van der Waals surface area contributed by atoms with Crippen LogP contribution in [0.15, 0.2) is 60.8 Å². The third-order valence-corrected chi connectivity index (χ3v) is 3.14. The van der Waals surface area contributed by atoms with Crippen LogP contribution >= 0.6 is 11.6 Å². The third kappa shape index (κ3) is 2.69. The van der Waals surface area contributed by atoms with E-state index in [0.29, 0.717) is 11.6 Å². The quantitative estimate of drug-likeness (QED) is 0.700. The molecule has 0 N–H and O–H groups in total. The lowest BCUT2D eigenvalue weighted by atomic mass is 10.2. The zero-order valence-electron chi connectivity index (χ0n) is 10.2. The molecule has 0 saturated heterocycles. The Balaban J connectivity index is 1.90. The number of hydrogen-bond donors (Lipinski definition) is 0. The Morgan fingerprint density at radius 2 is 1.84 bits per heavy atom. The lowest BCUT2D eigenvalue weighted by molar-refractivity contribution is 0.310. The van der Waals surface area contributed by atoms with Gasteiger partial charge in [-0.3, -0.25) is 4.98 Å². The Bertz CT molecular complexity index is 697. The number of aromatic nitrogens is 1. The van der Waals surface area contributed by atoms with E-state index in [1.807, 2.05) is 54.6 Å². The second kappa shape index (κ2) is 5.29. The van der Waals surface area contributed by atoms with Crippen molar-refractivity contribution in [2.45, 2.75) is 6.61 Å². The van der Waals surface area contributed by atoms with Crippen molar-refractivity contribution in [3.05, 3.63) is 71.4 Å². The largest absolute Gasteiger partial charge is 0.488 e. The van der Waals surface area contributed by atoms with Gasteiger partial charge in [0.25, 0.3) is 0 Å². The fourth-order valence-corrected chi connectivity index (χ4v) is 2.13. The lowest BCUT2D eigenvalue weighted by Crippen LogP contribution is -1.96. The number of halogens is 1. The minimum atomic E-state index is 0.534. The highest BCUT2D eigenvalue weighted by molar-refractivity contribution is 6.31. The van der Waals surface area contributed by atoms with Crippen LogP contribution in [0.3, 0.4) is 0 Å². The molecule has 3 rings (SSSR count). The van der Waals surface area contributed by atoms with Crippen LogP contribution in [0, 0.1) is 0 Å². The molecule has 0 aliphatic heterocycles.